The second kappa shape index (κ2) is 4.87. The molecule has 0 atom stereocenters. The molecule has 2 N–H and O–H groups in total. The molecule has 0 bridgehead atoms. The summed E-state index contributed by atoms with van der Waals surface area (Å²) in [5, 5.41) is 11.9. The van der Waals surface area contributed by atoms with E-state index in [-0.39, 0.29) is 11.1 Å². The van der Waals surface area contributed by atoms with Crippen molar-refractivity contribution in [2.24, 2.45) is 7.05 Å². The zero-order valence-electron chi connectivity index (χ0n) is 10.7. The molecule has 1 saturated carbocycles. The molecule has 1 amide bonds. The van der Waals surface area contributed by atoms with Gasteiger partial charge in [-0.15, -0.1) is 0 Å². The molecule has 102 valence electrons. The van der Waals surface area contributed by atoms with Crippen molar-refractivity contribution >= 4 is 11.9 Å². The van der Waals surface area contributed by atoms with E-state index in [4.69, 9.17) is 0 Å². The Kier molecular flexibility index (Phi) is 3.42. The van der Waals surface area contributed by atoms with Crippen molar-refractivity contribution in [3.63, 3.8) is 0 Å². The highest BCUT2D eigenvalue weighted by atomic mass is 16.4. The number of carboxylic acid groups (broad SMARTS) is 1. The highest BCUT2D eigenvalue weighted by molar-refractivity contribution is 5.97. The van der Waals surface area contributed by atoms with Crippen LogP contribution in [0.2, 0.25) is 0 Å². The van der Waals surface area contributed by atoms with Gasteiger partial charge < -0.3 is 15.0 Å². The number of rotatable bonds is 3. The molecule has 1 fully saturated rings. The topological polar surface area (TPSA) is 88.4 Å². The van der Waals surface area contributed by atoms with Crippen LogP contribution in [0.3, 0.4) is 0 Å². The van der Waals surface area contributed by atoms with Crippen molar-refractivity contribution in [2.75, 3.05) is 0 Å². The largest absolute Gasteiger partial charge is 0.480 e. The number of amides is 1. The van der Waals surface area contributed by atoms with E-state index in [1.807, 2.05) is 0 Å². The quantitative estimate of drug-likeness (QED) is 0.832. The molecule has 2 rings (SSSR count). The second-order valence-corrected chi connectivity index (χ2v) is 4.92. The van der Waals surface area contributed by atoms with Crippen LogP contribution in [-0.2, 0) is 11.8 Å². The molecule has 0 radical (unpaired) electrons. The van der Waals surface area contributed by atoms with Crippen molar-refractivity contribution in [1.82, 2.24) is 9.88 Å². The Labute approximate surface area is 110 Å². The van der Waals surface area contributed by atoms with Gasteiger partial charge in [-0.1, -0.05) is 12.8 Å². The average Bonchev–Trinajstić information content (AvgIpc) is 2.82. The van der Waals surface area contributed by atoms with E-state index in [0.717, 1.165) is 12.8 Å². The third-order valence-corrected chi connectivity index (χ3v) is 3.57. The summed E-state index contributed by atoms with van der Waals surface area (Å²) in [4.78, 5) is 34.7. The van der Waals surface area contributed by atoms with Crippen LogP contribution in [0.4, 0.5) is 0 Å². The minimum Gasteiger partial charge on any atom is -0.480 e. The molecule has 0 spiro atoms. The number of aryl methyl sites for hydroxylation is 1. The van der Waals surface area contributed by atoms with E-state index in [1.54, 1.807) is 7.05 Å². The fourth-order valence-electron chi connectivity index (χ4n) is 2.39. The summed E-state index contributed by atoms with van der Waals surface area (Å²) in [6, 6.07) is 2.69. The van der Waals surface area contributed by atoms with Gasteiger partial charge in [0.25, 0.3) is 5.91 Å². The van der Waals surface area contributed by atoms with Crippen LogP contribution >= 0.6 is 0 Å². The third kappa shape index (κ3) is 2.52. The Hall–Kier alpha value is -2.11. The van der Waals surface area contributed by atoms with Crippen molar-refractivity contribution in [3.8, 4) is 0 Å². The Morgan fingerprint density at radius 3 is 2.47 bits per heavy atom. The van der Waals surface area contributed by atoms with Gasteiger partial charge in [0.05, 0.1) is 5.56 Å². The molecule has 0 aromatic carbocycles. The van der Waals surface area contributed by atoms with Gasteiger partial charge in [0, 0.05) is 19.3 Å². The fraction of sp³-hybridized carbons (Fsp3) is 0.462. The first-order valence-corrected chi connectivity index (χ1v) is 6.17. The molecule has 1 aromatic rings. The molecule has 1 aliphatic carbocycles. The summed E-state index contributed by atoms with van der Waals surface area (Å²) in [5.74, 6) is -1.46. The first-order valence-electron chi connectivity index (χ1n) is 6.17. The van der Waals surface area contributed by atoms with Crippen molar-refractivity contribution in [2.45, 2.75) is 31.2 Å². The normalized spacial score (nSPS) is 17.1. The molecule has 1 aromatic heterocycles. The predicted octanol–water partition coefficient (Wildman–Crippen LogP) is 0.512. The summed E-state index contributed by atoms with van der Waals surface area (Å²) in [5.41, 5.74) is -1.09. The number of aromatic nitrogens is 1. The van der Waals surface area contributed by atoms with Crippen LogP contribution in [0.1, 0.15) is 36.0 Å². The minimum atomic E-state index is -1.16. The Morgan fingerprint density at radius 2 is 1.95 bits per heavy atom. The Morgan fingerprint density at radius 1 is 1.32 bits per heavy atom. The predicted molar refractivity (Wildman–Crippen MR) is 68.0 cm³/mol. The van der Waals surface area contributed by atoms with E-state index < -0.39 is 17.4 Å². The first kappa shape index (κ1) is 13.3. The maximum atomic E-state index is 12.1. The van der Waals surface area contributed by atoms with Crippen molar-refractivity contribution < 1.29 is 14.7 Å². The lowest BCUT2D eigenvalue weighted by atomic mass is 9.97. The highest BCUT2D eigenvalue weighted by Crippen LogP contribution is 2.30. The number of carbonyl (C=O) groups is 2. The number of nitrogens with one attached hydrogen (secondary N) is 1. The number of nitrogens with zero attached hydrogens (tertiary/aromatic N) is 1. The standard InChI is InChI=1S/C13H16N2O4/c1-15-8-9(4-5-10(15)16)11(17)14-13(12(18)19)6-2-3-7-13/h4-5,8H,2-3,6-7H2,1H3,(H,14,17)(H,18,19). The molecular formula is C13H16N2O4. The van der Waals surface area contributed by atoms with Crippen LogP contribution in [0.25, 0.3) is 0 Å². The molecule has 0 aliphatic heterocycles. The lowest BCUT2D eigenvalue weighted by Gasteiger charge is -2.25. The summed E-state index contributed by atoms with van der Waals surface area (Å²) < 4.78 is 1.29. The molecule has 0 saturated heterocycles. The van der Waals surface area contributed by atoms with E-state index in [0.29, 0.717) is 12.8 Å². The lowest BCUT2D eigenvalue weighted by Crippen LogP contribution is -2.52. The molecule has 6 nitrogen and oxygen atoms in total. The fourth-order valence-corrected chi connectivity index (χ4v) is 2.39. The van der Waals surface area contributed by atoms with Gasteiger partial charge in [0.1, 0.15) is 5.54 Å². The second-order valence-electron chi connectivity index (χ2n) is 4.92. The highest BCUT2D eigenvalue weighted by Gasteiger charge is 2.42. The summed E-state index contributed by atoms with van der Waals surface area (Å²) in [7, 11) is 1.54. The Bertz CT molecular complexity index is 570. The van der Waals surface area contributed by atoms with Crippen LogP contribution in [0.5, 0.6) is 0 Å². The number of pyridine rings is 1. The molecule has 0 unspecified atom stereocenters. The maximum Gasteiger partial charge on any atom is 0.329 e. The van der Waals surface area contributed by atoms with Crippen LogP contribution in [-0.4, -0.2) is 27.1 Å². The zero-order chi connectivity index (χ0) is 14.0. The van der Waals surface area contributed by atoms with Gasteiger partial charge in [-0.3, -0.25) is 9.59 Å². The van der Waals surface area contributed by atoms with Gasteiger partial charge in [-0.2, -0.15) is 0 Å². The van der Waals surface area contributed by atoms with Crippen molar-refractivity contribution in [1.29, 1.82) is 0 Å². The molecule has 1 aliphatic rings. The Balaban J connectivity index is 2.22. The number of hydrogen-bond acceptors (Lipinski definition) is 3. The minimum absolute atomic E-state index is 0.217. The monoisotopic (exact) mass is 264 g/mol. The SMILES string of the molecule is Cn1cc(C(=O)NC2(C(=O)O)CCCC2)ccc1=O. The molecular weight excluding hydrogens is 248 g/mol. The van der Waals surface area contributed by atoms with Crippen molar-refractivity contribution in [3.05, 3.63) is 34.2 Å². The van der Waals surface area contributed by atoms with Gasteiger partial charge in [-0.05, 0) is 18.9 Å². The van der Waals surface area contributed by atoms with E-state index in [1.165, 1.54) is 22.9 Å². The average molecular weight is 264 g/mol. The van der Waals surface area contributed by atoms with Gasteiger partial charge in [0.2, 0.25) is 5.56 Å². The molecule has 6 heteroatoms. The van der Waals surface area contributed by atoms with Crippen LogP contribution in [0, 0.1) is 0 Å². The van der Waals surface area contributed by atoms with E-state index in [2.05, 4.69) is 5.32 Å². The maximum absolute atomic E-state index is 12.1. The number of aliphatic carboxylic acids is 1. The third-order valence-electron chi connectivity index (χ3n) is 3.57. The van der Waals surface area contributed by atoms with Gasteiger partial charge in [0.15, 0.2) is 0 Å². The van der Waals surface area contributed by atoms with E-state index >= 15 is 0 Å². The lowest BCUT2D eigenvalue weighted by molar-refractivity contribution is -0.144. The number of hydrogen-bond donors (Lipinski definition) is 2. The summed E-state index contributed by atoms with van der Waals surface area (Å²) >= 11 is 0. The smallest absolute Gasteiger partial charge is 0.329 e. The first-order chi connectivity index (χ1) is 8.94. The van der Waals surface area contributed by atoms with Crippen LogP contribution < -0.4 is 10.9 Å². The van der Waals surface area contributed by atoms with Gasteiger partial charge >= 0.3 is 5.97 Å². The summed E-state index contributed by atoms with van der Waals surface area (Å²) in [6.07, 6.45) is 3.88. The molecule has 19 heavy (non-hydrogen) atoms. The number of carboxylic acids is 1. The summed E-state index contributed by atoms with van der Waals surface area (Å²) in [6.45, 7) is 0. The van der Waals surface area contributed by atoms with Gasteiger partial charge in [-0.25, -0.2) is 4.79 Å². The zero-order valence-corrected chi connectivity index (χ0v) is 10.7. The van der Waals surface area contributed by atoms with E-state index in [9.17, 15) is 19.5 Å². The number of carbonyl (C=O) groups excluding carboxylic acids is 1. The van der Waals surface area contributed by atoms with Crippen LogP contribution in [0.15, 0.2) is 23.1 Å². The molecule has 1 heterocycles.